The van der Waals surface area contributed by atoms with Gasteiger partial charge >= 0.3 is 5.97 Å². The number of nitrogens with two attached hydrogens (primary N) is 1. The Morgan fingerprint density at radius 1 is 1.43 bits per heavy atom. The number of benzene rings is 1. The van der Waals surface area contributed by atoms with E-state index >= 15 is 0 Å². The molecule has 7 heteroatoms. The smallest absolute Gasteiger partial charge is 0.355 e. The van der Waals surface area contributed by atoms with E-state index in [2.05, 4.69) is 0 Å². The summed E-state index contributed by atoms with van der Waals surface area (Å²) in [5.74, 6) is 0.767. The van der Waals surface area contributed by atoms with Gasteiger partial charge in [0.2, 0.25) is 5.91 Å². The van der Waals surface area contributed by atoms with Crippen LogP contribution in [0.3, 0.4) is 0 Å². The first-order valence-corrected chi connectivity index (χ1v) is 9.70. The third kappa shape index (κ3) is 3.13. The van der Waals surface area contributed by atoms with E-state index in [1.807, 2.05) is 36.6 Å². The highest BCUT2D eigenvalue weighted by Crippen LogP contribution is 2.40. The number of nitrogens with zero attached hydrogens (tertiary/aromatic N) is 1. The van der Waals surface area contributed by atoms with Crippen molar-refractivity contribution in [2.45, 2.75) is 18.0 Å². The number of hydrogen-bond acceptors (Lipinski definition) is 6. The molecular weight excluding hydrogens is 332 g/mol. The molecule has 1 amide bonds. The maximum absolute atomic E-state index is 12.6. The van der Waals surface area contributed by atoms with Crippen molar-refractivity contribution in [3.63, 3.8) is 0 Å². The van der Waals surface area contributed by atoms with E-state index in [1.165, 1.54) is 4.90 Å². The maximum Gasteiger partial charge on any atom is 0.355 e. The Kier molecular flexibility index (Phi) is 4.99. The quantitative estimate of drug-likeness (QED) is 0.642. The number of thioether (sulfide) groups is 2. The zero-order chi connectivity index (χ0) is 16.4. The standard InChI is InChI=1S/C16H18N2O3S2/c1-22-8-11-9-23-15-12(17)14(19)18(15)13(11)16(20)21-7-10-5-3-2-4-6-10/h2-6,12,15H,7-9,17H2,1H3/t12?,15-/m0/s1. The van der Waals surface area contributed by atoms with Crippen molar-refractivity contribution in [2.75, 3.05) is 17.8 Å². The van der Waals surface area contributed by atoms with Crippen LogP contribution < -0.4 is 5.73 Å². The number of esters is 1. The van der Waals surface area contributed by atoms with Crippen molar-refractivity contribution in [2.24, 2.45) is 5.73 Å². The number of carbonyl (C=O) groups excluding carboxylic acids is 2. The molecule has 2 atom stereocenters. The lowest BCUT2D eigenvalue weighted by Gasteiger charge is -2.48. The van der Waals surface area contributed by atoms with Crippen LogP contribution in [0.25, 0.3) is 0 Å². The number of carbonyl (C=O) groups is 2. The highest BCUT2D eigenvalue weighted by molar-refractivity contribution is 8.00. The molecule has 1 fully saturated rings. The molecule has 0 bridgehead atoms. The number of hydrogen-bond donors (Lipinski definition) is 1. The number of ether oxygens (including phenoxy) is 1. The molecule has 2 aliphatic rings. The second-order valence-corrected chi connectivity index (χ2v) is 7.35. The summed E-state index contributed by atoms with van der Waals surface area (Å²) in [6.45, 7) is 0.196. The minimum Gasteiger partial charge on any atom is -0.456 e. The number of fused-ring (bicyclic) bond motifs is 1. The minimum atomic E-state index is -0.521. The Morgan fingerprint density at radius 2 is 2.17 bits per heavy atom. The monoisotopic (exact) mass is 350 g/mol. The van der Waals surface area contributed by atoms with Crippen LogP contribution in [0.5, 0.6) is 0 Å². The molecule has 2 heterocycles. The average molecular weight is 350 g/mol. The summed E-state index contributed by atoms with van der Waals surface area (Å²) in [7, 11) is 0. The van der Waals surface area contributed by atoms with E-state index in [-0.39, 0.29) is 17.9 Å². The zero-order valence-electron chi connectivity index (χ0n) is 12.7. The molecular formula is C16H18N2O3S2. The molecule has 0 aromatic heterocycles. The largest absolute Gasteiger partial charge is 0.456 e. The Morgan fingerprint density at radius 3 is 2.87 bits per heavy atom. The Labute approximate surface area is 143 Å². The molecule has 0 spiro atoms. The number of rotatable bonds is 5. The highest BCUT2D eigenvalue weighted by Gasteiger charge is 2.51. The Bertz CT molecular complexity index is 648. The topological polar surface area (TPSA) is 72.6 Å². The van der Waals surface area contributed by atoms with E-state index in [0.29, 0.717) is 17.2 Å². The fraction of sp³-hybridized carbons (Fsp3) is 0.375. The van der Waals surface area contributed by atoms with Crippen LogP contribution in [0, 0.1) is 0 Å². The highest BCUT2D eigenvalue weighted by atomic mass is 32.2. The van der Waals surface area contributed by atoms with Gasteiger partial charge in [-0.25, -0.2) is 4.79 Å². The normalized spacial score (nSPS) is 23.4. The summed E-state index contributed by atoms with van der Waals surface area (Å²) in [6, 6.07) is 8.98. The van der Waals surface area contributed by atoms with Crippen LogP contribution in [0.2, 0.25) is 0 Å². The second-order valence-electron chi connectivity index (χ2n) is 5.38. The molecule has 23 heavy (non-hydrogen) atoms. The van der Waals surface area contributed by atoms with E-state index in [0.717, 1.165) is 11.1 Å². The molecule has 1 unspecified atom stereocenters. The van der Waals surface area contributed by atoms with Gasteiger partial charge in [0, 0.05) is 11.5 Å². The maximum atomic E-state index is 12.6. The summed E-state index contributed by atoms with van der Waals surface area (Å²) in [6.07, 6.45) is 1.97. The van der Waals surface area contributed by atoms with E-state index in [9.17, 15) is 9.59 Å². The zero-order valence-corrected chi connectivity index (χ0v) is 14.4. The van der Waals surface area contributed by atoms with Gasteiger partial charge in [0.1, 0.15) is 23.7 Å². The van der Waals surface area contributed by atoms with Gasteiger partial charge in [-0.1, -0.05) is 30.3 Å². The summed E-state index contributed by atoms with van der Waals surface area (Å²) in [4.78, 5) is 26.2. The third-order valence-electron chi connectivity index (χ3n) is 3.81. The lowest BCUT2D eigenvalue weighted by atomic mass is 10.0. The van der Waals surface area contributed by atoms with E-state index in [4.69, 9.17) is 10.5 Å². The molecule has 1 aromatic carbocycles. The van der Waals surface area contributed by atoms with E-state index < -0.39 is 12.0 Å². The van der Waals surface area contributed by atoms with Crippen LogP contribution in [0.15, 0.2) is 41.6 Å². The van der Waals surface area contributed by atoms with Gasteiger partial charge < -0.3 is 10.5 Å². The third-order valence-corrected chi connectivity index (χ3v) is 5.81. The fourth-order valence-corrected chi connectivity index (χ4v) is 4.65. The molecule has 0 radical (unpaired) electrons. The molecule has 5 nitrogen and oxygen atoms in total. The average Bonchev–Trinajstić information content (AvgIpc) is 2.59. The predicted molar refractivity (Wildman–Crippen MR) is 92.7 cm³/mol. The number of amides is 1. The molecule has 2 N–H and O–H groups in total. The lowest BCUT2D eigenvalue weighted by molar-refractivity contribution is -0.151. The van der Waals surface area contributed by atoms with Crippen molar-refractivity contribution < 1.29 is 14.3 Å². The van der Waals surface area contributed by atoms with Crippen molar-refractivity contribution in [3.05, 3.63) is 47.2 Å². The summed E-state index contributed by atoms with van der Waals surface area (Å²) >= 11 is 3.23. The van der Waals surface area contributed by atoms with E-state index in [1.54, 1.807) is 23.5 Å². The van der Waals surface area contributed by atoms with Crippen molar-refractivity contribution >= 4 is 35.4 Å². The van der Waals surface area contributed by atoms with Gasteiger partial charge in [-0.15, -0.1) is 11.8 Å². The number of β-lactam (4-membered cyclic amide) rings is 1. The molecule has 1 aromatic rings. The second kappa shape index (κ2) is 6.98. The van der Waals surface area contributed by atoms with Crippen molar-refractivity contribution in [3.8, 4) is 0 Å². The Hall–Kier alpha value is -1.44. The van der Waals surface area contributed by atoms with Crippen LogP contribution in [-0.2, 0) is 20.9 Å². The van der Waals surface area contributed by atoms with Crippen LogP contribution in [0.4, 0.5) is 0 Å². The minimum absolute atomic E-state index is 0.146. The summed E-state index contributed by atoms with van der Waals surface area (Å²) < 4.78 is 5.43. The summed E-state index contributed by atoms with van der Waals surface area (Å²) in [5.41, 5.74) is 8.09. The van der Waals surface area contributed by atoms with Gasteiger partial charge in [0.05, 0.1) is 0 Å². The van der Waals surface area contributed by atoms with Crippen LogP contribution in [0.1, 0.15) is 5.56 Å². The Balaban J connectivity index is 1.78. The van der Waals surface area contributed by atoms with Crippen LogP contribution >= 0.6 is 23.5 Å². The summed E-state index contributed by atoms with van der Waals surface area (Å²) in [5, 5.41) is -0.146. The van der Waals surface area contributed by atoms with Crippen LogP contribution in [-0.4, -0.2) is 46.0 Å². The predicted octanol–water partition coefficient (Wildman–Crippen LogP) is 1.59. The molecule has 3 rings (SSSR count). The lowest BCUT2D eigenvalue weighted by Crippen LogP contribution is -2.68. The van der Waals surface area contributed by atoms with Gasteiger partial charge in [-0.3, -0.25) is 9.69 Å². The first kappa shape index (κ1) is 16.4. The molecule has 0 saturated carbocycles. The first-order chi connectivity index (χ1) is 11.1. The molecule has 1 saturated heterocycles. The van der Waals surface area contributed by atoms with Gasteiger partial charge in [-0.2, -0.15) is 11.8 Å². The van der Waals surface area contributed by atoms with Gasteiger partial charge in [0.25, 0.3) is 0 Å². The molecule has 0 aliphatic carbocycles. The first-order valence-electron chi connectivity index (χ1n) is 7.25. The van der Waals surface area contributed by atoms with Gasteiger partial charge in [0.15, 0.2) is 0 Å². The van der Waals surface area contributed by atoms with Gasteiger partial charge in [-0.05, 0) is 17.4 Å². The molecule has 122 valence electrons. The fourth-order valence-electron chi connectivity index (χ4n) is 2.65. The van der Waals surface area contributed by atoms with Crippen molar-refractivity contribution in [1.29, 1.82) is 0 Å². The SMILES string of the molecule is CSCC1=C(C(=O)OCc2ccccc2)N2C(=O)C(N)[C@@H]2SC1. The van der Waals surface area contributed by atoms with Crippen molar-refractivity contribution in [1.82, 2.24) is 4.90 Å². The molecule has 2 aliphatic heterocycles.